The molecular weight excluding hydrogens is 252 g/mol. The monoisotopic (exact) mass is 276 g/mol. The summed E-state index contributed by atoms with van der Waals surface area (Å²) in [6, 6.07) is 6.95. The molecule has 1 aromatic rings. The third-order valence-electron chi connectivity index (χ3n) is 4.33. The van der Waals surface area contributed by atoms with Crippen molar-refractivity contribution in [1.82, 2.24) is 4.90 Å². The largest absolute Gasteiger partial charge is 0.454 e. The highest BCUT2D eigenvalue weighted by Gasteiger charge is 2.21. The number of fused-ring (bicyclic) bond motifs is 1. The van der Waals surface area contributed by atoms with Gasteiger partial charge in [-0.1, -0.05) is 25.3 Å². The summed E-state index contributed by atoms with van der Waals surface area (Å²) in [4.78, 5) is 2.54. The van der Waals surface area contributed by atoms with Crippen LogP contribution in [0.15, 0.2) is 18.2 Å². The zero-order chi connectivity index (χ0) is 13.8. The first-order valence-electron chi connectivity index (χ1n) is 7.69. The van der Waals surface area contributed by atoms with E-state index >= 15 is 0 Å². The Labute approximate surface area is 120 Å². The molecule has 1 saturated carbocycles. The highest BCUT2D eigenvalue weighted by Crippen LogP contribution is 2.33. The second kappa shape index (κ2) is 6.46. The smallest absolute Gasteiger partial charge is 0.231 e. The maximum Gasteiger partial charge on any atom is 0.231 e. The second-order valence-corrected chi connectivity index (χ2v) is 5.74. The van der Waals surface area contributed by atoms with E-state index in [4.69, 9.17) is 15.2 Å². The van der Waals surface area contributed by atoms with E-state index < -0.39 is 0 Å². The molecule has 4 nitrogen and oxygen atoms in total. The molecule has 0 atom stereocenters. The van der Waals surface area contributed by atoms with Gasteiger partial charge in [-0.25, -0.2) is 0 Å². The normalized spacial score (nSPS) is 18.7. The molecule has 1 fully saturated rings. The maximum atomic E-state index is 5.79. The van der Waals surface area contributed by atoms with Gasteiger partial charge in [0, 0.05) is 25.7 Å². The minimum atomic E-state index is 0.341. The summed E-state index contributed by atoms with van der Waals surface area (Å²) < 4.78 is 10.8. The minimum Gasteiger partial charge on any atom is -0.454 e. The van der Waals surface area contributed by atoms with Crippen LogP contribution in [-0.2, 0) is 6.54 Å². The van der Waals surface area contributed by atoms with E-state index in [1.165, 1.54) is 37.7 Å². The molecule has 4 heteroatoms. The van der Waals surface area contributed by atoms with Crippen LogP contribution < -0.4 is 15.2 Å². The number of ether oxygens (including phenoxy) is 2. The van der Waals surface area contributed by atoms with Crippen molar-refractivity contribution in [2.45, 2.75) is 44.7 Å². The molecule has 1 aliphatic heterocycles. The minimum absolute atomic E-state index is 0.341. The molecule has 0 radical (unpaired) electrons. The van der Waals surface area contributed by atoms with Gasteiger partial charge in [0.05, 0.1) is 0 Å². The van der Waals surface area contributed by atoms with Crippen LogP contribution in [0.4, 0.5) is 0 Å². The molecule has 1 aromatic carbocycles. The number of rotatable bonds is 5. The third kappa shape index (κ3) is 3.07. The van der Waals surface area contributed by atoms with Crippen LogP contribution in [0.2, 0.25) is 0 Å². The average Bonchev–Trinajstić information content (AvgIpc) is 2.95. The van der Waals surface area contributed by atoms with Crippen LogP contribution in [0, 0.1) is 0 Å². The Balaban J connectivity index is 1.68. The van der Waals surface area contributed by atoms with Crippen molar-refractivity contribution in [1.29, 1.82) is 0 Å². The number of hydrogen-bond donors (Lipinski definition) is 1. The van der Waals surface area contributed by atoms with Crippen molar-refractivity contribution >= 4 is 0 Å². The summed E-state index contributed by atoms with van der Waals surface area (Å²) in [5, 5.41) is 0. The molecule has 3 rings (SSSR count). The van der Waals surface area contributed by atoms with Crippen molar-refractivity contribution in [3.63, 3.8) is 0 Å². The Morgan fingerprint density at radius 2 is 1.90 bits per heavy atom. The van der Waals surface area contributed by atoms with Crippen LogP contribution in [0.1, 0.15) is 37.7 Å². The quantitative estimate of drug-likeness (QED) is 0.897. The predicted octanol–water partition coefficient (Wildman–Crippen LogP) is 2.51. The van der Waals surface area contributed by atoms with Gasteiger partial charge in [0.25, 0.3) is 0 Å². The van der Waals surface area contributed by atoms with Crippen molar-refractivity contribution in [3.8, 4) is 11.5 Å². The van der Waals surface area contributed by atoms with Crippen LogP contribution in [0.25, 0.3) is 0 Å². The number of nitrogens with zero attached hydrogens (tertiary/aromatic N) is 1. The van der Waals surface area contributed by atoms with Gasteiger partial charge >= 0.3 is 0 Å². The number of nitrogens with two attached hydrogens (primary N) is 1. The molecule has 0 bridgehead atoms. The molecule has 0 unspecified atom stereocenters. The summed E-state index contributed by atoms with van der Waals surface area (Å²) in [5.41, 5.74) is 7.08. The average molecular weight is 276 g/mol. The lowest BCUT2D eigenvalue weighted by atomic mass is 9.94. The van der Waals surface area contributed by atoms with Gasteiger partial charge in [-0.15, -0.1) is 0 Å². The van der Waals surface area contributed by atoms with Gasteiger partial charge < -0.3 is 15.2 Å². The van der Waals surface area contributed by atoms with E-state index in [0.717, 1.165) is 31.1 Å². The standard InChI is InChI=1S/C16H24N2O2/c17-8-9-18(14-4-2-1-3-5-14)11-13-6-7-15-16(10-13)20-12-19-15/h6-7,10,14H,1-5,8-9,11-12,17H2. The molecule has 0 aromatic heterocycles. The molecule has 2 aliphatic rings. The summed E-state index contributed by atoms with van der Waals surface area (Å²) in [7, 11) is 0. The SMILES string of the molecule is NCCN(Cc1ccc2c(c1)OCO2)C1CCCCC1. The van der Waals surface area contributed by atoms with E-state index in [1.807, 2.05) is 6.07 Å². The lowest BCUT2D eigenvalue weighted by Crippen LogP contribution is -2.39. The Morgan fingerprint density at radius 3 is 2.70 bits per heavy atom. The van der Waals surface area contributed by atoms with E-state index in [9.17, 15) is 0 Å². The molecule has 1 aliphatic carbocycles. The Hall–Kier alpha value is -1.26. The van der Waals surface area contributed by atoms with Gasteiger partial charge in [0.2, 0.25) is 6.79 Å². The Morgan fingerprint density at radius 1 is 1.10 bits per heavy atom. The van der Waals surface area contributed by atoms with Crippen molar-refractivity contribution in [2.75, 3.05) is 19.9 Å². The predicted molar refractivity (Wildman–Crippen MR) is 78.9 cm³/mol. The van der Waals surface area contributed by atoms with Crippen LogP contribution in [-0.4, -0.2) is 30.8 Å². The van der Waals surface area contributed by atoms with Gasteiger partial charge in [-0.05, 0) is 30.5 Å². The maximum absolute atomic E-state index is 5.79. The molecule has 20 heavy (non-hydrogen) atoms. The highest BCUT2D eigenvalue weighted by atomic mass is 16.7. The summed E-state index contributed by atoms with van der Waals surface area (Å²) in [5.74, 6) is 1.73. The number of hydrogen-bond acceptors (Lipinski definition) is 4. The summed E-state index contributed by atoms with van der Waals surface area (Å²) in [6.45, 7) is 2.99. The zero-order valence-electron chi connectivity index (χ0n) is 12.0. The fourth-order valence-corrected chi connectivity index (χ4v) is 3.28. The van der Waals surface area contributed by atoms with Gasteiger partial charge in [-0.3, -0.25) is 4.90 Å². The fraction of sp³-hybridized carbons (Fsp3) is 0.625. The van der Waals surface area contributed by atoms with Crippen LogP contribution in [0.3, 0.4) is 0 Å². The van der Waals surface area contributed by atoms with E-state index in [2.05, 4.69) is 17.0 Å². The molecule has 2 N–H and O–H groups in total. The lowest BCUT2D eigenvalue weighted by molar-refractivity contribution is 0.152. The Kier molecular flexibility index (Phi) is 4.43. The van der Waals surface area contributed by atoms with Gasteiger partial charge in [-0.2, -0.15) is 0 Å². The lowest BCUT2D eigenvalue weighted by Gasteiger charge is -2.34. The molecule has 0 spiro atoms. The van der Waals surface area contributed by atoms with Crippen LogP contribution in [0.5, 0.6) is 11.5 Å². The topological polar surface area (TPSA) is 47.7 Å². The van der Waals surface area contributed by atoms with Gasteiger partial charge in [0.1, 0.15) is 0 Å². The molecule has 0 amide bonds. The first kappa shape index (κ1) is 13.7. The first-order chi connectivity index (χ1) is 9.86. The van der Waals surface area contributed by atoms with Crippen molar-refractivity contribution in [2.24, 2.45) is 5.73 Å². The van der Waals surface area contributed by atoms with Crippen molar-refractivity contribution < 1.29 is 9.47 Å². The summed E-state index contributed by atoms with van der Waals surface area (Å²) in [6.07, 6.45) is 6.71. The fourth-order valence-electron chi connectivity index (χ4n) is 3.28. The second-order valence-electron chi connectivity index (χ2n) is 5.74. The van der Waals surface area contributed by atoms with E-state index in [-0.39, 0.29) is 0 Å². The molecule has 110 valence electrons. The van der Waals surface area contributed by atoms with E-state index in [1.54, 1.807) is 0 Å². The number of benzene rings is 1. The zero-order valence-corrected chi connectivity index (χ0v) is 12.0. The van der Waals surface area contributed by atoms with Crippen LogP contribution >= 0.6 is 0 Å². The first-order valence-corrected chi connectivity index (χ1v) is 7.69. The highest BCUT2D eigenvalue weighted by molar-refractivity contribution is 5.44. The molecular formula is C16H24N2O2. The molecule has 1 heterocycles. The van der Waals surface area contributed by atoms with Crippen molar-refractivity contribution in [3.05, 3.63) is 23.8 Å². The van der Waals surface area contributed by atoms with E-state index in [0.29, 0.717) is 12.8 Å². The molecule has 0 saturated heterocycles. The van der Waals surface area contributed by atoms with Gasteiger partial charge in [0.15, 0.2) is 11.5 Å². The Bertz CT molecular complexity index is 444. The summed E-state index contributed by atoms with van der Waals surface area (Å²) >= 11 is 0. The third-order valence-corrected chi connectivity index (χ3v) is 4.33.